The van der Waals surface area contributed by atoms with Gasteiger partial charge in [0.15, 0.2) is 0 Å². The molecule has 0 aliphatic carbocycles. The summed E-state index contributed by atoms with van der Waals surface area (Å²) in [5.74, 6) is 0. The Kier molecular flexibility index (Phi) is 4.43. The SMILES string of the molecule is NC(/N=C/c1ccc(-n2c3ccccc3c3ccccc32)cc1)c1ccccc1. The van der Waals surface area contributed by atoms with Crippen molar-refractivity contribution in [3.8, 4) is 5.69 Å². The average Bonchev–Trinajstić information content (AvgIpc) is 3.13. The molecule has 29 heavy (non-hydrogen) atoms. The van der Waals surface area contributed by atoms with Crippen molar-refractivity contribution >= 4 is 28.0 Å². The van der Waals surface area contributed by atoms with Gasteiger partial charge in [-0.05, 0) is 35.4 Å². The van der Waals surface area contributed by atoms with Gasteiger partial charge in [-0.3, -0.25) is 4.99 Å². The third-order valence-corrected chi connectivity index (χ3v) is 5.26. The molecule has 5 rings (SSSR count). The summed E-state index contributed by atoms with van der Waals surface area (Å²) in [5.41, 5.74) is 11.8. The number of nitrogens with zero attached hydrogens (tertiary/aromatic N) is 2. The Bertz CT molecular complexity index is 1250. The summed E-state index contributed by atoms with van der Waals surface area (Å²) in [4.78, 5) is 4.50. The molecule has 1 unspecified atom stereocenters. The van der Waals surface area contributed by atoms with Crippen molar-refractivity contribution in [2.75, 3.05) is 0 Å². The van der Waals surface area contributed by atoms with Gasteiger partial charge < -0.3 is 10.3 Å². The van der Waals surface area contributed by atoms with Crippen molar-refractivity contribution in [1.82, 2.24) is 4.57 Å². The molecular formula is C26H21N3. The highest BCUT2D eigenvalue weighted by Crippen LogP contribution is 2.31. The first-order valence-corrected chi connectivity index (χ1v) is 9.73. The van der Waals surface area contributed by atoms with E-state index in [-0.39, 0.29) is 6.17 Å². The molecule has 4 aromatic carbocycles. The standard InChI is InChI=1S/C26H21N3/c27-26(20-8-2-1-3-9-20)28-18-19-14-16-21(17-15-19)29-24-12-6-4-10-22(24)23-11-5-7-13-25(23)29/h1-18,26H,27H2/b28-18+. The summed E-state index contributed by atoms with van der Waals surface area (Å²) >= 11 is 0. The molecule has 0 bridgehead atoms. The maximum absolute atomic E-state index is 6.17. The molecule has 0 aliphatic heterocycles. The number of aromatic nitrogens is 1. The van der Waals surface area contributed by atoms with Gasteiger partial charge in [-0.2, -0.15) is 0 Å². The van der Waals surface area contributed by atoms with E-state index in [0.717, 1.165) is 16.8 Å². The van der Waals surface area contributed by atoms with Crippen molar-refractivity contribution in [3.63, 3.8) is 0 Å². The van der Waals surface area contributed by atoms with E-state index in [0.29, 0.717) is 0 Å². The Morgan fingerprint density at radius 3 is 1.83 bits per heavy atom. The quantitative estimate of drug-likeness (QED) is 0.393. The molecular weight excluding hydrogens is 354 g/mol. The first kappa shape index (κ1) is 17.4. The second-order valence-corrected chi connectivity index (χ2v) is 7.09. The van der Waals surface area contributed by atoms with Crippen LogP contribution in [0.1, 0.15) is 17.3 Å². The molecule has 0 aliphatic rings. The van der Waals surface area contributed by atoms with Gasteiger partial charge in [0.2, 0.25) is 0 Å². The zero-order valence-corrected chi connectivity index (χ0v) is 15.9. The van der Waals surface area contributed by atoms with Gasteiger partial charge >= 0.3 is 0 Å². The fourth-order valence-corrected chi connectivity index (χ4v) is 3.81. The molecule has 0 spiro atoms. The van der Waals surface area contributed by atoms with E-state index in [1.54, 1.807) is 0 Å². The Labute approximate surface area is 169 Å². The number of benzene rings is 4. The molecule has 1 atom stereocenters. The minimum Gasteiger partial charge on any atom is -0.309 e. The van der Waals surface area contributed by atoms with E-state index < -0.39 is 0 Å². The Hall–Kier alpha value is -3.69. The zero-order chi connectivity index (χ0) is 19.6. The number of aliphatic imine (C=N–C) groups is 1. The lowest BCUT2D eigenvalue weighted by molar-refractivity contribution is 0.780. The van der Waals surface area contributed by atoms with Crippen LogP contribution >= 0.6 is 0 Å². The molecule has 0 fully saturated rings. The molecule has 0 amide bonds. The van der Waals surface area contributed by atoms with E-state index in [1.165, 1.54) is 21.8 Å². The smallest absolute Gasteiger partial charge is 0.123 e. The van der Waals surface area contributed by atoms with E-state index in [1.807, 2.05) is 36.5 Å². The van der Waals surface area contributed by atoms with Crippen LogP contribution in [0.15, 0.2) is 108 Å². The number of rotatable bonds is 4. The van der Waals surface area contributed by atoms with E-state index >= 15 is 0 Å². The third kappa shape index (κ3) is 3.22. The summed E-state index contributed by atoms with van der Waals surface area (Å²) < 4.78 is 2.31. The maximum atomic E-state index is 6.17. The van der Waals surface area contributed by atoms with Crippen LogP contribution in [0.5, 0.6) is 0 Å². The maximum Gasteiger partial charge on any atom is 0.123 e. The van der Waals surface area contributed by atoms with Crippen LogP contribution in [-0.4, -0.2) is 10.8 Å². The minimum absolute atomic E-state index is 0.354. The van der Waals surface area contributed by atoms with Crippen molar-refractivity contribution < 1.29 is 0 Å². The number of fused-ring (bicyclic) bond motifs is 3. The summed E-state index contributed by atoms with van der Waals surface area (Å²) in [6, 6.07) is 35.4. The molecule has 1 heterocycles. The van der Waals surface area contributed by atoms with Crippen LogP contribution in [0.4, 0.5) is 0 Å². The van der Waals surface area contributed by atoms with E-state index in [4.69, 9.17) is 5.73 Å². The van der Waals surface area contributed by atoms with Crippen LogP contribution in [0.25, 0.3) is 27.5 Å². The van der Waals surface area contributed by atoms with Crippen molar-refractivity contribution in [1.29, 1.82) is 0 Å². The number of hydrogen-bond donors (Lipinski definition) is 1. The lowest BCUT2D eigenvalue weighted by atomic mass is 10.2. The van der Waals surface area contributed by atoms with Gasteiger partial charge in [0.05, 0.1) is 11.0 Å². The molecule has 140 valence electrons. The predicted octanol–water partition coefficient (Wildman–Crippen LogP) is 5.86. The fraction of sp³-hybridized carbons (Fsp3) is 0.0385. The van der Waals surface area contributed by atoms with Gasteiger partial charge in [0, 0.05) is 22.7 Å². The van der Waals surface area contributed by atoms with E-state index in [2.05, 4.69) is 82.4 Å². The third-order valence-electron chi connectivity index (χ3n) is 5.26. The topological polar surface area (TPSA) is 43.3 Å². The zero-order valence-electron chi connectivity index (χ0n) is 15.9. The van der Waals surface area contributed by atoms with Crippen LogP contribution < -0.4 is 5.73 Å². The average molecular weight is 375 g/mol. The lowest BCUT2D eigenvalue weighted by Crippen LogP contribution is -2.07. The number of para-hydroxylation sites is 2. The molecule has 0 radical (unpaired) electrons. The monoisotopic (exact) mass is 375 g/mol. The second kappa shape index (κ2) is 7.38. The summed E-state index contributed by atoms with van der Waals surface area (Å²) in [7, 11) is 0. The van der Waals surface area contributed by atoms with Gasteiger partial charge in [-0.25, -0.2) is 0 Å². The Morgan fingerprint density at radius 2 is 1.21 bits per heavy atom. The summed E-state index contributed by atoms with van der Waals surface area (Å²) in [6.07, 6.45) is 1.49. The molecule has 1 aromatic heterocycles. The van der Waals surface area contributed by atoms with Crippen LogP contribution in [0.2, 0.25) is 0 Å². The minimum atomic E-state index is -0.354. The fourth-order valence-electron chi connectivity index (χ4n) is 3.81. The Morgan fingerprint density at radius 1 is 0.655 bits per heavy atom. The Balaban J connectivity index is 1.50. The lowest BCUT2D eigenvalue weighted by Gasteiger charge is -2.09. The van der Waals surface area contributed by atoms with Crippen LogP contribution in [-0.2, 0) is 0 Å². The van der Waals surface area contributed by atoms with Crippen LogP contribution in [0.3, 0.4) is 0 Å². The van der Waals surface area contributed by atoms with E-state index in [9.17, 15) is 0 Å². The van der Waals surface area contributed by atoms with Crippen molar-refractivity contribution in [2.45, 2.75) is 6.17 Å². The van der Waals surface area contributed by atoms with Gasteiger partial charge in [-0.15, -0.1) is 0 Å². The highest BCUT2D eigenvalue weighted by Gasteiger charge is 2.10. The molecule has 2 N–H and O–H groups in total. The number of hydrogen-bond acceptors (Lipinski definition) is 2. The molecule has 3 heteroatoms. The highest BCUT2D eigenvalue weighted by molar-refractivity contribution is 6.09. The van der Waals surface area contributed by atoms with Gasteiger partial charge in [0.1, 0.15) is 6.17 Å². The number of nitrogens with two attached hydrogens (primary N) is 1. The molecule has 0 saturated carbocycles. The van der Waals surface area contributed by atoms with Crippen molar-refractivity contribution in [3.05, 3.63) is 114 Å². The molecule has 0 saturated heterocycles. The van der Waals surface area contributed by atoms with Crippen LogP contribution in [0, 0.1) is 0 Å². The molecule has 3 nitrogen and oxygen atoms in total. The van der Waals surface area contributed by atoms with Crippen molar-refractivity contribution in [2.24, 2.45) is 10.7 Å². The second-order valence-electron chi connectivity index (χ2n) is 7.09. The predicted molar refractivity (Wildman–Crippen MR) is 122 cm³/mol. The molecule has 5 aromatic rings. The first-order chi connectivity index (χ1) is 14.3. The normalized spacial score (nSPS) is 12.7. The van der Waals surface area contributed by atoms with Gasteiger partial charge in [-0.1, -0.05) is 78.9 Å². The van der Waals surface area contributed by atoms with Gasteiger partial charge in [0.25, 0.3) is 0 Å². The summed E-state index contributed by atoms with van der Waals surface area (Å²) in [6.45, 7) is 0. The highest BCUT2D eigenvalue weighted by atomic mass is 15.0. The largest absolute Gasteiger partial charge is 0.309 e. The summed E-state index contributed by atoms with van der Waals surface area (Å²) in [5, 5.41) is 2.53. The first-order valence-electron chi connectivity index (χ1n) is 9.73.